The highest BCUT2D eigenvalue weighted by Gasteiger charge is 2.16. The molecule has 1 atom stereocenters. The molecule has 0 aliphatic rings. The number of aliphatic hydroxyl groups excluding tert-OH is 1. The Kier molecular flexibility index (Phi) is 4.19. The van der Waals surface area contributed by atoms with Gasteiger partial charge in [-0.1, -0.05) is 12.1 Å². The number of aliphatic hydroxyl groups is 1. The maximum Gasteiger partial charge on any atom is 0.125 e. The number of halogens is 2. The van der Waals surface area contributed by atoms with Gasteiger partial charge in [-0.2, -0.15) is 0 Å². The van der Waals surface area contributed by atoms with Gasteiger partial charge in [0.25, 0.3) is 0 Å². The van der Waals surface area contributed by atoms with E-state index in [0.717, 1.165) is 3.57 Å². The minimum atomic E-state index is -0.898. The highest BCUT2D eigenvalue weighted by atomic mass is 127. The van der Waals surface area contributed by atoms with Crippen LogP contribution in [-0.2, 0) is 0 Å². The second kappa shape index (κ2) is 5.67. The first kappa shape index (κ1) is 13.3. The summed E-state index contributed by atoms with van der Waals surface area (Å²) in [5.74, 6) is 0.0817. The van der Waals surface area contributed by atoms with Crippen LogP contribution in [0.15, 0.2) is 42.5 Å². The lowest BCUT2D eigenvalue weighted by atomic mass is 10.0. The van der Waals surface area contributed by atoms with Crippen molar-refractivity contribution in [2.24, 2.45) is 0 Å². The van der Waals surface area contributed by atoms with Crippen molar-refractivity contribution in [1.29, 1.82) is 0 Å². The number of hydrogen-bond acceptors (Lipinski definition) is 2. The summed E-state index contributed by atoms with van der Waals surface area (Å²) in [6, 6.07) is 11.6. The average Bonchev–Trinajstić information content (AvgIpc) is 2.38. The van der Waals surface area contributed by atoms with Crippen LogP contribution in [0.4, 0.5) is 4.39 Å². The lowest BCUT2D eigenvalue weighted by Crippen LogP contribution is -2.03. The number of ether oxygens (including phenoxy) is 1. The third kappa shape index (κ3) is 2.81. The first-order valence-corrected chi connectivity index (χ1v) is 6.46. The molecule has 0 spiro atoms. The highest BCUT2D eigenvalue weighted by molar-refractivity contribution is 14.1. The number of methoxy groups -OCH3 is 1. The second-order valence-corrected chi connectivity index (χ2v) is 5.09. The van der Waals surface area contributed by atoms with E-state index in [1.165, 1.54) is 25.3 Å². The normalized spacial score (nSPS) is 12.2. The van der Waals surface area contributed by atoms with Crippen LogP contribution in [0.1, 0.15) is 17.2 Å². The Morgan fingerprint density at radius 2 is 2.00 bits per heavy atom. The Labute approximate surface area is 119 Å². The predicted molar refractivity (Wildman–Crippen MR) is 76.2 cm³/mol. The van der Waals surface area contributed by atoms with Crippen molar-refractivity contribution in [2.75, 3.05) is 7.11 Å². The molecule has 0 saturated carbocycles. The first-order chi connectivity index (χ1) is 8.61. The molecule has 1 unspecified atom stereocenters. The van der Waals surface area contributed by atoms with E-state index in [4.69, 9.17) is 4.74 Å². The average molecular weight is 358 g/mol. The fourth-order valence-corrected chi connectivity index (χ4v) is 2.34. The largest absolute Gasteiger partial charge is 0.496 e. The highest BCUT2D eigenvalue weighted by Crippen LogP contribution is 2.31. The van der Waals surface area contributed by atoms with Crippen molar-refractivity contribution in [3.8, 4) is 5.75 Å². The Bertz CT molecular complexity index is 557. The maximum absolute atomic E-state index is 13.3. The van der Waals surface area contributed by atoms with Crippen molar-refractivity contribution >= 4 is 22.6 Å². The quantitative estimate of drug-likeness (QED) is 0.851. The van der Waals surface area contributed by atoms with E-state index >= 15 is 0 Å². The molecule has 0 heterocycles. The molecule has 0 aromatic heterocycles. The van der Waals surface area contributed by atoms with E-state index < -0.39 is 11.9 Å². The van der Waals surface area contributed by atoms with Gasteiger partial charge in [-0.15, -0.1) is 0 Å². The summed E-state index contributed by atoms with van der Waals surface area (Å²) in [7, 11) is 1.50. The fourth-order valence-electron chi connectivity index (χ4n) is 1.78. The van der Waals surface area contributed by atoms with E-state index in [2.05, 4.69) is 22.6 Å². The van der Waals surface area contributed by atoms with Gasteiger partial charge in [0.15, 0.2) is 0 Å². The van der Waals surface area contributed by atoms with Gasteiger partial charge in [-0.05, 0) is 58.5 Å². The molecule has 0 radical (unpaired) electrons. The zero-order chi connectivity index (χ0) is 13.1. The molecule has 2 nitrogen and oxygen atoms in total. The van der Waals surface area contributed by atoms with Gasteiger partial charge in [0.05, 0.1) is 7.11 Å². The minimum Gasteiger partial charge on any atom is -0.496 e. The lowest BCUT2D eigenvalue weighted by Gasteiger charge is -2.15. The molecule has 0 saturated heterocycles. The van der Waals surface area contributed by atoms with E-state index in [1.54, 1.807) is 6.07 Å². The summed E-state index contributed by atoms with van der Waals surface area (Å²) in [5, 5.41) is 10.3. The number of hydrogen-bond donors (Lipinski definition) is 1. The van der Waals surface area contributed by atoms with Crippen molar-refractivity contribution in [2.45, 2.75) is 6.10 Å². The topological polar surface area (TPSA) is 29.5 Å². The Balaban J connectivity index is 2.44. The van der Waals surface area contributed by atoms with Crippen LogP contribution in [-0.4, -0.2) is 12.2 Å². The maximum atomic E-state index is 13.3. The summed E-state index contributed by atoms with van der Waals surface area (Å²) >= 11 is 2.17. The van der Waals surface area contributed by atoms with Gasteiger partial charge >= 0.3 is 0 Å². The smallest absolute Gasteiger partial charge is 0.125 e. The molecule has 94 valence electrons. The van der Waals surface area contributed by atoms with E-state index in [1.807, 2.05) is 18.2 Å². The van der Waals surface area contributed by atoms with Crippen LogP contribution < -0.4 is 4.74 Å². The molecule has 18 heavy (non-hydrogen) atoms. The van der Waals surface area contributed by atoms with E-state index in [9.17, 15) is 9.50 Å². The molecular weight excluding hydrogens is 346 g/mol. The van der Waals surface area contributed by atoms with E-state index in [0.29, 0.717) is 16.9 Å². The Morgan fingerprint density at radius 1 is 1.22 bits per heavy atom. The third-order valence-corrected chi connectivity index (χ3v) is 3.32. The summed E-state index contributed by atoms with van der Waals surface area (Å²) < 4.78 is 19.4. The Hall–Kier alpha value is -1.14. The molecule has 4 heteroatoms. The number of rotatable bonds is 3. The second-order valence-electron chi connectivity index (χ2n) is 3.84. The molecule has 2 rings (SSSR count). The van der Waals surface area contributed by atoms with Crippen molar-refractivity contribution in [3.05, 3.63) is 63.0 Å². The SMILES string of the molecule is COc1ccc(F)cc1C(O)c1cccc(I)c1. The lowest BCUT2D eigenvalue weighted by molar-refractivity contribution is 0.214. The van der Waals surface area contributed by atoms with Gasteiger partial charge in [-0.25, -0.2) is 4.39 Å². The van der Waals surface area contributed by atoms with Crippen LogP contribution in [0.2, 0.25) is 0 Å². The molecule has 0 bridgehead atoms. The molecule has 0 aliphatic carbocycles. The Morgan fingerprint density at radius 3 is 2.67 bits per heavy atom. The van der Waals surface area contributed by atoms with Gasteiger partial charge in [-0.3, -0.25) is 0 Å². The van der Waals surface area contributed by atoms with Gasteiger partial charge in [0.2, 0.25) is 0 Å². The van der Waals surface area contributed by atoms with Crippen molar-refractivity contribution in [1.82, 2.24) is 0 Å². The van der Waals surface area contributed by atoms with Gasteiger partial charge < -0.3 is 9.84 Å². The molecule has 1 N–H and O–H groups in total. The van der Waals surface area contributed by atoms with Crippen molar-refractivity contribution < 1.29 is 14.2 Å². The minimum absolute atomic E-state index is 0.393. The first-order valence-electron chi connectivity index (χ1n) is 5.39. The standard InChI is InChI=1S/C14H12FIO2/c1-18-13-6-5-10(15)8-12(13)14(17)9-3-2-4-11(16)7-9/h2-8,14,17H,1H3. The van der Waals surface area contributed by atoms with E-state index in [-0.39, 0.29) is 0 Å². The van der Waals surface area contributed by atoms with Crippen LogP contribution in [0.5, 0.6) is 5.75 Å². The monoisotopic (exact) mass is 358 g/mol. The van der Waals surface area contributed by atoms with Gasteiger partial charge in [0.1, 0.15) is 17.7 Å². The van der Waals surface area contributed by atoms with Crippen LogP contribution in [0, 0.1) is 9.39 Å². The molecule has 2 aromatic rings. The zero-order valence-corrected chi connectivity index (χ0v) is 11.9. The van der Waals surface area contributed by atoms with Crippen LogP contribution in [0.3, 0.4) is 0 Å². The summed E-state index contributed by atoms with van der Waals surface area (Å²) in [5.41, 5.74) is 1.14. The summed E-state index contributed by atoms with van der Waals surface area (Å²) in [4.78, 5) is 0. The molecule has 0 fully saturated rings. The van der Waals surface area contributed by atoms with Crippen LogP contribution in [0.25, 0.3) is 0 Å². The van der Waals surface area contributed by atoms with Crippen molar-refractivity contribution in [3.63, 3.8) is 0 Å². The molecule has 0 aliphatic heterocycles. The number of benzene rings is 2. The van der Waals surface area contributed by atoms with Gasteiger partial charge in [0, 0.05) is 9.13 Å². The van der Waals surface area contributed by atoms with Crippen LogP contribution >= 0.6 is 22.6 Å². The molecule has 0 amide bonds. The predicted octanol–water partition coefficient (Wildman–Crippen LogP) is 3.52. The summed E-state index contributed by atoms with van der Waals surface area (Å²) in [6.07, 6.45) is -0.898. The zero-order valence-electron chi connectivity index (χ0n) is 9.73. The fraction of sp³-hybridized carbons (Fsp3) is 0.143. The molecular formula is C14H12FIO2. The summed E-state index contributed by atoms with van der Waals surface area (Å²) in [6.45, 7) is 0. The molecule has 2 aromatic carbocycles. The third-order valence-electron chi connectivity index (χ3n) is 2.65.